The van der Waals surface area contributed by atoms with Crippen LogP contribution < -0.4 is 0 Å². The van der Waals surface area contributed by atoms with Crippen molar-refractivity contribution in [3.05, 3.63) is 0 Å². The van der Waals surface area contributed by atoms with Gasteiger partial charge < -0.3 is 4.74 Å². The standard InChI is InChI=1S/C10H22O/c1-6-9(4)10(5)11-7-8(2)3/h8-10H,6-7H2,1-5H3. The van der Waals surface area contributed by atoms with Crippen molar-refractivity contribution in [3.8, 4) is 0 Å². The second-order valence-corrected chi connectivity index (χ2v) is 3.82. The van der Waals surface area contributed by atoms with Crippen LogP contribution in [0.15, 0.2) is 0 Å². The molecule has 0 amide bonds. The van der Waals surface area contributed by atoms with Gasteiger partial charge in [-0.15, -0.1) is 0 Å². The summed E-state index contributed by atoms with van der Waals surface area (Å²) in [6.45, 7) is 11.9. The van der Waals surface area contributed by atoms with Crippen LogP contribution in [0.5, 0.6) is 0 Å². The van der Waals surface area contributed by atoms with Gasteiger partial charge in [0.1, 0.15) is 0 Å². The van der Waals surface area contributed by atoms with E-state index in [2.05, 4.69) is 34.6 Å². The van der Waals surface area contributed by atoms with Gasteiger partial charge in [-0.1, -0.05) is 34.1 Å². The first-order valence-electron chi connectivity index (χ1n) is 4.69. The van der Waals surface area contributed by atoms with E-state index in [0.717, 1.165) is 6.61 Å². The first-order valence-corrected chi connectivity index (χ1v) is 4.69. The molecule has 0 aromatic rings. The third-order valence-corrected chi connectivity index (χ3v) is 2.14. The summed E-state index contributed by atoms with van der Waals surface area (Å²) >= 11 is 0. The van der Waals surface area contributed by atoms with Gasteiger partial charge in [0.15, 0.2) is 0 Å². The maximum absolute atomic E-state index is 5.66. The van der Waals surface area contributed by atoms with Gasteiger partial charge in [-0.05, 0) is 18.8 Å². The molecule has 0 heterocycles. The highest BCUT2D eigenvalue weighted by Crippen LogP contribution is 2.11. The molecule has 0 radical (unpaired) electrons. The van der Waals surface area contributed by atoms with Crippen molar-refractivity contribution < 1.29 is 4.74 Å². The van der Waals surface area contributed by atoms with Crippen molar-refractivity contribution in [1.82, 2.24) is 0 Å². The molecule has 0 aromatic carbocycles. The Labute approximate surface area is 71.1 Å². The summed E-state index contributed by atoms with van der Waals surface area (Å²) in [5.74, 6) is 1.34. The molecule has 1 nitrogen and oxygen atoms in total. The number of hydrogen-bond donors (Lipinski definition) is 0. The average molecular weight is 158 g/mol. The normalized spacial score (nSPS) is 16.9. The molecule has 11 heavy (non-hydrogen) atoms. The van der Waals surface area contributed by atoms with E-state index in [9.17, 15) is 0 Å². The smallest absolute Gasteiger partial charge is 0.0572 e. The fraction of sp³-hybridized carbons (Fsp3) is 1.00. The highest BCUT2D eigenvalue weighted by molar-refractivity contribution is 4.59. The summed E-state index contributed by atoms with van der Waals surface area (Å²) in [5.41, 5.74) is 0. The predicted octanol–water partition coefficient (Wildman–Crippen LogP) is 3.09. The van der Waals surface area contributed by atoms with Gasteiger partial charge >= 0.3 is 0 Å². The molecule has 0 rings (SSSR count). The molecule has 0 bridgehead atoms. The van der Waals surface area contributed by atoms with Gasteiger partial charge in [-0.25, -0.2) is 0 Å². The zero-order chi connectivity index (χ0) is 8.85. The van der Waals surface area contributed by atoms with Crippen LogP contribution in [0, 0.1) is 11.8 Å². The maximum atomic E-state index is 5.66. The van der Waals surface area contributed by atoms with Crippen molar-refractivity contribution in [2.24, 2.45) is 11.8 Å². The molecule has 0 N–H and O–H groups in total. The van der Waals surface area contributed by atoms with Crippen molar-refractivity contribution in [1.29, 1.82) is 0 Å². The molecule has 2 unspecified atom stereocenters. The van der Waals surface area contributed by atoms with Crippen LogP contribution in [0.4, 0.5) is 0 Å². The van der Waals surface area contributed by atoms with Crippen LogP contribution in [0.3, 0.4) is 0 Å². The van der Waals surface area contributed by atoms with Crippen molar-refractivity contribution >= 4 is 0 Å². The number of hydrogen-bond acceptors (Lipinski definition) is 1. The molecule has 1 heteroatoms. The maximum Gasteiger partial charge on any atom is 0.0572 e. The van der Waals surface area contributed by atoms with Crippen LogP contribution in [0.1, 0.15) is 41.0 Å². The van der Waals surface area contributed by atoms with E-state index in [4.69, 9.17) is 4.74 Å². The molecular formula is C10H22O. The van der Waals surface area contributed by atoms with Gasteiger partial charge in [0, 0.05) is 6.61 Å². The Bertz CT molecular complexity index is 88.9. The van der Waals surface area contributed by atoms with E-state index < -0.39 is 0 Å². The summed E-state index contributed by atoms with van der Waals surface area (Å²) in [7, 11) is 0. The van der Waals surface area contributed by atoms with Crippen LogP contribution >= 0.6 is 0 Å². The third-order valence-electron chi connectivity index (χ3n) is 2.14. The lowest BCUT2D eigenvalue weighted by atomic mass is 10.0. The number of ether oxygens (including phenoxy) is 1. The quantitative estimate of drug-likeness (QED) is 0.597. The van der Waals surface area contributed by atoms with Gasteiger partial charge in [-0.2, -0.15) is 0 Å². The van der Waals surface area contributed by atoms with Crippen LogP contribution in [-0.4, -0.2) is 12.7 Å². The first-order chi connectivity index (χ1) is 5.07. The Balaban J connectivity index is 3.43. The topological polar surface area (TPSA) is 9.23 Å². The van der Waals surface area contributed by atoms with Gasteiger partial charge in [-0.3, -0.25) is 0 Å². The molecular weight excluding hydrogens is 136 g/mol. The minimum Gasteiger partial charge on any atom is -0.378 e. The van der Waals surface area contributed by atoms with E-state index in [0.29, 0.717) is 17.9 Å². The molecule has 0 aliphatic heterocycles. The van der Waals surface area contributed by atoms with Crippen LogP contribution in [0.25, 0.3) is 0 Å². The minimum atomic E-state index is 0.419. The largest absolute Gasteiger partial charge is 0.378 e. The van der Waals surface area contributed by atoms with E-state index in [-0.39, 0.29) is 0 Å². The molecule has 68 valence electrons. The monoisotopic (exact) mass is 158 g/mol. The molecule has 0 spiro atoms. The predicted molar refractivity (Wildman–Crippen MR) is 49.7 cm³/mol. The average Bonchev–Trinajstić information content (AvgIpc) is 1.98. The second kappa shape index (κ2) is 5.59. The van der Waals surface area contributed by atoms with E-state index in [1.807, 2.05) is 0 Å². The lowest BCUT2D eigenvalue weighted by Crippen LogP contribution is -2.19. The third kappa shape index (κ3) is 5.25. The molecule has 0 aliphatic carbocycles. The lowest BCUT2D eigenvalue weighted by molar-refractivity contribution is 0.0142. The van der Waals surface area contributed by atoms with E-state index in [1.165, 1.54) is 6.42 Å². The van der Waals surface area contributed by atoms with Crippen molar-refractivity contribution in [2.75, 3.05) is 6.61 Å². The Morgan fingerprint density at radius 2 is 1.64 bits per heavy atom. The zero-order valence-electron chi connectivity index (χ0n) is 8.55. The number of rotatable bonds is 5. The van der Waals surface area contributed by atoms with Crippen molar-refractivity contribution in [3.63, 3.8) is 0 Å². The molecule has 0 aromatic heterocycles. The van der Waals surface area contributed by atoms with Gasteiger partial charge in [0.2, 0.25) is 0 Å². The summed E-state index contributed by atoms with van der Waals surface area (Å²) in [4.78, 5) is 0. The van der Waals surface area contributed by atoms with E-state index >= 15 is 0 Å². The molecule has 0 aliphatic rings. The molecule has 0 fully saturated rings. The molecule has 0 saturated carbocycles. The Hall–Kier alpha value is -0.0400. The Morgan fingerprint density at radius 3 is 2.00 bits per heavy atom. The fourth-order valence-corrected chi connectivity index (χ4v) is 0.840. The second-order valence-electron chi connectivity index (χ2n) is 3.82. The van der Waals surface area contributed by atoms with E-state index in [1.54, 1.807) is 0 Å². The summed E-state index contributed by atoms with van der Waals surface area (Å²) in [5, 5.41) is 0. The minimum absolute atomic E-state index is 0.419. The van der Waals surface area contributed by atoms with Gasteiger partial charge in [0.05, 0.1) is 6.10 Å². The summed E-state index contributed by atoms with van der Waals surface area (Å²) in [6.07, 6.45) is 1.63. The highest BCUT2D eigenvalue weighted by Gasteiger charge is 2.10. The molecule has 0 saturated heterocycles. The molecule has 2 atom stereocenters. The van der Waals surface area contributed by atoms with Crippen LogP contribution in [0.2, 0.25) is 0 Å². The van der Waals surface area contributed by atoms with Gasteiger partial charge in [0.25, 0.3) is 0 Å². The Kier molecular flexibility index (Phi) is 5.57. The van der Waals surface area contributed by atoms with Crippen LogP contribution in [-0.2, 0) is 4.74 Å². The lowest BCUT2D eigenvalue weighted by Gasteiger charge is -2.20. The highest BCUT2D eigenvalue weighted by atomic mass is 16.5. The van der Waals surface area contributed by atoms with Crippen molar-refractivity contribution in [2.45, 2.75) is 47.1 Å². The first kappa shape index (κ1) is 11.0. The summed E-state index contributed by atoms with van der Waals surface area (Å²) < 4.78 is 5.66. The SMILES string of the molecule is CCC(C)C(C)OCC(C)C. The zero-order valence-corrected chi connectivity index (χ0v) is 8.55. The Morgan fingerprint density at radius 1 is 1.09 bits per heavy atom. The fourth-order valence-electron chi connectivity index (χ4n) is 0.840. The summed E-state index contributed by atoms with van der Waals surface area (Å²) in [6, 6.07) is 0.